The molecule has 1 aliphatic rings. The van der Waals surface area contributed by atoms with E-state index in [1.807, 2.05) is 6.92 Å². The summed E-state index contributed by atoms with van der Waals surface area (Å²) in [7, 11) is -1.84. The summed E-state index contributed by atoms with van der Waals surface area (Å²) < 4.78 is 24.8. The highest BCUT2D eigenvalue weighted by Crippen LogP contribution is 2.25. The van der Waals surface area contributed by atoms with E-state index in [0.717, 1.165) is 36.4 Å². The fraction of sp³-hybridized carbons (Fsp3) is 0.458. The molecule has 31 heavy (non-hydrogen) atoms. The zero-order valence-electron chi connectivity index (χ0n) is 19.1. The number of piperidine rings is 1. The van der Waals surface area contributed by atoms with E-state index >= 15 is 0 Å². The Morgan fingerprint density at radius 1 is 1.19 bits per heavy atom. The van der Waals surface area contributed by atoms with E-state index < -0.39 is 10.0 Å². The smallest absolute Gasteiger partial charge is 0.251 e. The number of nitrogens with one attached hydrogen (secondary N) is 1. The lowest BCUT2D eigenvalue weighted by Gasteiger charge is -2.33. The Kier molecular flexibility index (Phi) is 6.94. The monoisotopic (exact) mass is 443 g/mol. The molecule has 1 amide bonds. The van der Waals surface area contributed by atoms with E-state index in [2.05, 4.69) is 41.4 Å². The summed E-state index contributed by atoms with van der Waals surface area (Å²) in [6.07, 6.45) is 3.68. The highest BCUT2D eigenvalue weighted by molar-refractivity contribution is 7.92. The second-order valence-corrected chi connectivity index (χ2v) is 10.7. The first-order valence-electron chi connectivity index (χ1n) is 10.8. The molecule has 1 heterocycles. The van der Waals surface area contributed by atoms with Gasteiger partial charge in [-0.3, -0.25) is 9.10 Å². The average molecular weight is 444 g/mol. The maximum absolute atomic E-state index is 12.8. The van der Waals surface area contributed by atoms with Gasteiger partial charge in [0.25, 0.3) is 5.91 Å². The molecule has 3 rings (SSSR count). The minimum atomic E-state index is -3.35. The van der Waals surface area contributed by atoms with Gasteiger partial charge in [0.15, 0.2) is 0 Å². The van der Waals surface area contributed by atoms with Crippen molar-refractivity contribution in [1.29, 1.82) is 0 Å². The summed E-state index contributed by atoms with van der Waals surface area (Å²) in [6, 6.07) is 13.3. The van der Waals surface area contributed by atoms with Crippen LogP contribution in [0.1, 0.15) is 54.2 Å². The van der Waals surface area contributed by atoms with Gasteiger partial charge in [-0.2, -0.15) is 0 Å². The number of hydrogen-bond donors (Lipinski definition) is 1. The molecular formula is C24H33N3O3S. The van der Waals surface area contributed by atoms with Gasteiger partial charge in [0.05, 0.1) is 18.0 Å². The standard InChI is InChI=1S/C24H33N3O3S/c1-17-7-6-14-27(16-17)22-11-8-20(9-12-22)19(3)25-24(28)21-10-13-23(18(2)15-21)26(4)31(5,29)30/h8-13,15,17,19H,6-7,14,16H2,1-5H3,(H,25,28)/t17-,19+/m0/s1. The van der Waals surface area contributed by atoms with E-state index in [4.69, 9.17) is 0 Å². The average Bonchev–Trinajstić information content (AvgIpc) is 2.72. The molecule has 2 atom stereocenters. The molecule has 7 heteroatoms. The zero-order valence-corrected chi connectivity index (χ0v) is 19.9. The first-order chi connectivity index (χ1) is 14.6. The van der Waals surface area contributed by atoms with E-state index in [1.54, 1.807) is 25.1 Å². The maximum Gasteiger partial charge on any atom is 0.251 e. The number of amides is 1. The molecule has 6 nitrogen and oxygen atoms in total. The van der Waals surface area contributed by atoms with Crippen LogP contribution in [0.25, 0.3) is 0 Å². The number of carbonyl (C=O) groups is 1. The van der Waals surface area contributed by atoms with Crippen LogP contribution in [0.4, 0.5) is 11.4 Å². The Labute approximate surface area is 186 Å². The summed E-state index contributed by atoms with van der Waals surface area (Å²) in [6.45, 7) is 8.26. The van der Waals surface area contributed by atoms with Gasteiger partial charge in [-0.25, -0.2) is 8.42 Å². The zero-order chi connectivity index (χ0) is 22.8. The third kappa shape index (κ3) is 5.58. The van der Waals surface area contributed by atoms with E-state index in [1.165, 1.54) is 29.9 Å². The van der Waals surface area contributed by atoms with Crippen LogP contribution in [0, 0.1) is 12.8 Å². The highest BCUT2D eigenvalue weighted by Gasteiger charge is 2.19. The molecule has 1 N–H and O–H groups in total. The largest absolute Gasteiger partial charge is 0.371 e. The minimum absolute atomic E-state index is 0.138. The van der Waals surface area contributed by atoms with Gasteiger partial charge in [0, 0.05) is 31.4 Å². The molecular weight excluding hydrogens is 410 g/mol. The lowest BCUT2D eigenvalue weighted by atomic mass is 9.99. The number of carbonyl (C=O) groups excluding carboxylic acids is 1. The number of anilines is 2. The third-order valence-corrected chi connectivity index (χ3v) is 7.25. The Bertz CT molecular complexity index is 1030. The minimum Gasteiger partial charge on any atom is -0.371 e. The Hall–Kier alpha value is -2.54. The molecule has 0 radical (unpaired) electrons. The second kappa shape index (κ2) is 9.30. The fourth-order valence-electron chi connectivity index (χ4n) is 4.09. The number of hydrogen-bond acceptors (Lipinski definition) is 4. The molecule has 0 aromatic heterocycles. The lowest BCUT2D eigenvalue weighted by Crippen LogP contribution is -2.34. The van der Waals surface area contributed by atoms with Crippen LogP contribution in [-0.4, -0.2) is 40.7 Å². The van der Waals surface area contributed by atoms with Gasteiger partial charge in [-0.05, 0) is 74.1 Å². The topological polar surface area (TPSA) is 69.7 Å². The summed E-state index contributed by atoms with van der Waals surface area (Å²) in [5.74, 6) is 0.539. The predicted octanol–water partition coefficient (Wildman–Crippen LogP) is 4.12. The van der Waals surface area contributed by atoms with Crippen LogP contribution >= 0.6 is 0 Å². The van der Waals surface area contributed by atoms with E-state index in [0.29, 0.717) is 11.3 Å². The summed E-state index contributed by atoms with van der Waals surface area (Å²) >= 11 is 0. The molecule has 1 fully saturated rings. The molecule has 0 bridgehead atoms. The SMILES string of the molecule is Cc1cc(C(=O)N[C@H](C)c2ccc(N3CCC[C@H](C)C3)cc2)ccc1N(C)S(C)(=O)=O. The van der Waals surface area contributed by atoms with Gasteiger partial charge < -0.3 is 10.2 Å². The van der Waals surface area contributed by atoms with Crippen LogP contribution < -0.4 is 14.5 Å². The van der Waals surface area contributed by atoms with Gasteiger partial charge in [0.1, 0.15) is 0 Å². The highest BCUT2D eigenvalue weighted by atomic mass is 32.2. The van der Waals surface area contributed by atoms with Crippen LogP contribution in [0.5, 0.6) is 0 Å². The van der Waals surface area contributed by atoms with Crippen LogP contribution in [0.15, 0.2) is 42.5 Å². The maximum atomic E-state index is 12.8. The van der Waals surface area contributed by atoms with Crippen LogP contribution in [0.3, 0.4) is 0 Å². The first kappa shape index (κ1) is 23.1. The van der Waals surface area contributed by atoms with Crippen molar-refractivity contribution >= 4 is 27.3 Å². The number of sulfonamides is 1. The van der Waals surface area contributed by atoms with Crippen molar-refractivity contribution in [3.05, 3.63) is 59.2 Å². The van der Waals surface area contributed by atoms with Gasteiger partial charge in [0.2, 0.25) is 10.0 Å². The molecule has 2 aromatic carbocycles. The van der Waals surface area contributed by atoms with Crippen molar-refractivity contribution in [1.82, 2.24) is 5.32 Å². The summed E-state index contributed by atoms with van der Waals surface area (Å²) in [5, 5.41) is 3.04. The summed E-state index contributed by atoms with van der Waals surface area (Å²) in [5.41, 5.74) is 4.08. The van der Waals surface area contributed by atoms with Crippen molar-refractivity contribution in [2.24, 2.45) is 5.92 Å². The van der Waals surface area contributed by atoms with Gasteiger partial charge in [-0.15, -0.1) is 0 Å². The van der Waals surface area contributed by atoms with Crippen molar-refractivity contribution in [2.45, 2.75) is 39.7 Å². The Morgan fingerprint density at radius 3 is 2.45 bits per heavy atom. The normalized spacial score (nSPS) is 17.8. The third-order valence-electron chi connectivity index (χ3n) is 6.06. The molecule has 0 saturated carbocycles. The first-order valence-corrected chi connectivity index (χ1v) is 12.6. The molecule has 1 saturated heterocycles. The molecule has 0 unspecified atom stereocenters. The molecule has 0 spiro atoms. The van der Waals surface area contributed by atoms with Crippen molar-refractivity contribution in [2.75, 3.05) is 35.6 Å². The Morgan fingerprint density at radius 2 is 1.87 bits per heavy atom. The molecule has 1 aliphatic heterocycles. The van der Waals surface area contributed by atoms with Crippen molar-refractivity contribution in [3.8, 4) is 0 Å². The molecule has 168 valence electrons. The van der Waals surface area contributed by atoms with Gasteiger partial charge in [-0.1, -0.05) is 19.1 Å². The number of nitrogens with zero attached hydrogens (tertiary/aromatic N) is 2. The quantitative estimate of drug-likeness (QED) is 0.729. The van der Waals surface area contributed by atoms with Gasteiger partial charge >= 0.3 is 0 Å². The van der Waals surface area contributed by atoms with Crippen LogP contribution in [-0.2, 0) is 10.0 Å². The number of rotatable bonds is 6. The summed E-state index contributed by atoms with van der Waals surface area (Å²) in [4.78, 5) is 15.2. The fourth-order valence-corrected chi connectivity index (χ4v) is 4.65. The van der Waals surface area contributed by atoms with E-state index in [9.17, 15) is 13.2 Å². The lowest BCUT2D eigenvalue weighted by molar-refractivity contribution is 0.0940. The second-order valence-electron chi connectivity index (χ2n) is 8.71. The Balaban J connectivity index is 1.67. The van der Waals surface area contributed by atoms with Crippen molar-refractivity contribution in [3.63, 3.8) is 0 Å². The molecule has 0 aliphatic carbocycles. The van der Waals surface area contributed by atoms with E-state index in [-0.39, 0.29) is 11.9 Å². The molecule has 2 aromatic rings. The predicted molar refractivity (Wildman–Crippen MR) is 127 cm³/mol. The van der Waals surface area contributed by atoms with Crippen molar-refractivity contribution < 1.29 is 13.2 Å². The number of benzene rings is 2. The number of aryl methyl sites for hydroxylation is 1. The van der Waals surface area contributed by atoms with Crippen LogP contribution in [0.2, 0.25) is 0 Å².